The SMILES string of the molecule is [C-]#[N+]CCOP1(=O)OC[C@@H]2C[C@@H](OS(=O)(=O)NC[C@H]3O[C@@H](n4cnc5c(NC(=O)c6ccccc6)ncnc54)[C@H](F)[C@@H]3O1)[C@H](n1nnc3c(=O)[nH]c(NC(=O)C(C)C)nc31)O2. The first-order valence-electron chi connectivity index (χ1n) is 18.5. The number of carbonyl (C=O) groups excluding carboxylic acids is 2. The molecule has 1 aromatic carbocycles. The average Bonchev–Trinajstić information content (AvgIpc) is 4.02. The molecule has 8 atom stereocenters. The second-order valence-electron chi connectivity index (χ2n) is 14.0. The molecule has 4 N–H and O–H groups in total. The lowest BCUT2D eigenvalue weighted by Crippen LogP contribution is -2.42. The largest absolute Gasteiger partial charge is 0.475 e. The molecule has 28 heteroatoms. The van der Waals surface area contributed by atoms with Crippen LogP contribution in [0.5, 0.6) is 0 Å². The number of aromatic nitrogens is 9. The number of fused-ring (bicyclic) bond motifs is 5. The summed E-state index contributed by atoms with van der Waals surface area (Å²) < 4.78 is 97.0. The number of hydrogen-bond donors (Lipinski definition) is 4. The summed E-state index contributed by atoms with van der Waals surface area (Å²) in [6.45, 7) is 8.30. The molecule has 0 spiro atoms. The monoisotopic (exact) mass is 887 g/mol. The summed E-state index contributed by atoms with van der Waals surface area (Å²) in [5.41, 5.74) is -0.889. The number of nitrogens with one attached hydrogen (secondary N) is 4. The second kappa shape index (κ2) is 17.0. The molecular weight excluding hydrogens is 852 g/mol. The van der Waals surface area contributed by atoms with E-state index < -0.39 is 104 Å². The molecule has 1 unspecified atom stereocenters. The summed E-state index contributed by atoms with van der Waals surface area (Å²) in [6, 6.07) is 8.27. The van der Waals surface area contributed by atoms with E-state index in [2.05, 4.69) is 55.4 Å². The Labute approximate surface area is 343 Å². The second-order valence-corrected chi connectivity index (χ2v) is 17.0. The van der Waals surface area contributed by atoms with Gasteiger partial charge in [0.25, 0.3) is 11.5 Å². The number of anilines is 2. The van der Waals surface area contributed by atoms with Crippen molar-refractivity contribution in [3.8, 4) is 0 Å². The number of rotatable bonds is 9. The third-order valence-electron chi connectivity index (χ3n) is 9.49. The first kappa shape index (κ1) is 42.0. The van der Waals surface area contributed by atoms with Gasteiger partial charge in [0, 0.05) is 24.4 Å². The van der Waals surface area contributed by atoms with Crippen LogP contribution < -0.4 is 20.9 Å². The van der Waals surface area contributed by atoms with E-state index in [1.165, 1.54) is 0 Å². The highest BCUT2D eigenvalue weighted by Gasteiger charge is 2.53. The van der Waals surface area contributed by atoms with Gasteiger partial charge in [-0.05, 0) is 12.1 Å². The van der Waals surface area contributed by atoms with Gasteiger partial charge < -0.3 is 19.6 Å². The van der Waals surface area contributed by atoms with Crippen molar-refractivity contribution in [2.24, 2.45) is 5.92 Å². The molecular formula is C33H35FN13O12PS. The zero-order valence-corrected chi connectivity index (χ0v) is 33.6. The topological polar surface area (TPSA) is 301 Å². The van der Waals surface area contributed by atoms with Crippen LogP contribution in [0.25, 0.3) is 27.2 Å². The molecule has 0 saturated carbocycles. The lowest BCUT2D eigenvalue weighted by molar-refractivity contribution is -0.118. The van der Waals surface area contributed by atoms with Crippen molar-refractivity contribution in [3.63, 3.8) is 0 Å². The fourth-order valence-corrected chi connectivity index (χ4v) is 8.90. The van der Waals surface area contributed by atoms with Crippen LogP contribution >= 0.6 is 7.82 Å². The predicted molar refractivity (Wildman–Crippen MR) is 204 cm³/mol. The van der Waals surface area contributed by atoms with Crippen molar-refractivity contribution in [2.75, 3.05) is 36.9 Å². The number of ether oxygens (including phenoxy) is 2. The highest BCUT2D eigenvalue weighted by atomic mass is 32.2. The Bertz CT molecular complexity index is 2730. The molecule has 2 amide bonds. The molecule has 3 fully saturated rings. The Kier molecular flexibility index (Phi) is 11.7. The van der Waals surface area contributed by atoms with Crippen molar-refractivity contribution < 1.29 is 54.2 Å². The van der Waals surface area contributed by atoms with Crippen LogP contribution in [-0.4, -0.2) is 122 Å². The van der Waals surface area contributed by atoms with Gasteiger partial charge in [-0.3, -0.25) is 42.8 Å². The maximum absolute atomic E-state index is 16.7. The van der Waals surface area contributed by atoms with E-state index in [4.69, 9.17) is 33.8 Å². The van der Waals surface area contributed by atoms with Gasteiger partial charge in [-0.2, -0.15) is 22.8 Å². The number of phosphoric ester groups is 1. The summed E-state index contributed by atoms with van der Waals surface area (Å²) in [7, 11) is -9.60. The van der Waals surface area contributed by atoms with Crippen LogP contribution in [0.3, 0.4) is 0 Å². The van der Waals surface area contributed by atoms with E-state index in [0.29, 0.717) is 5.56 Å². The van der Waals surface area contributed by atoms with Crippen LogP contribution in [-0.2, 0) is 46.9 Å². The zero-order valence-electron chi connectivity index (χ0n) is 31.9. The van der Waals surface area contributed by atoms with Crippen LogP contribution in [0.4, 0.5) is 16.2 Å². The Morgan fingerprint density at radius 1 is 1.10 bits per heavy atom. The number of carbonyl (C=O) groups is 2. The van der Waals surface area contributed by atoms with E-state index in [0.717, 1.165) is 21.9 Å². The molecule has 3 aliphatic heterocycles. The third-order valence-corrected chi connectivity index (χ3v) is 12.0. The molecule has 0 aliphatic carbocycles. The predicted octanol–water partition coefficient (Wildman–Crippen LogP) is 1.40. The van der Waals surface area contributed by atoms with E-state index in [1.54, 1.807) is 44.2 Å². The van der Waals surface area contributed by atoms with Crippen molar-refractivity contribution in [1.29, 1.82) is 0 Å². The van der Waals surface area contributed by atoms with Crippen molar-refractivity contribution >= 4 is 64.0 Å². The number of imidazole rings is 1. The number of nitrogens with zero attached hydrogens (tertiary/aromatic N) is 9. The van der Waals surface area contributed by atoms with Gasteiger partial charge >= 0.3 is 18.1 Å². The van der Waals surface area contributed by atoms with Gasteiger partial charge in [-0.25, -0.2) is 34.7 Å². The van der Waals surface area contributed by atoms with Crippen LogP contribution in [0.2, 0.25) is 0 Å². The van der Waals surface area contributed by atoms with Gasteiger partial charge in [0.2, 0.25) is 18.4 Å². The summed E-state index contributed by atoms with van der Waals surface area (Å²) in [4.78, 5) is 60.5. The normalized spacial score (nSPS) is 27.8. The molecule has 8 rings (SSSR count). The Morgan fingerprint density at radius 3 is 2.67 bits per heavy atom. The van der Waals surface area contributed by atoms with Gasteiger partial charge in [0.15, 0.2) is 46.8 Å². The molecule has 61 heavy (non-hydrogen) atoms. The lowest BCUT2D eigenvalue weighted by atomic mass is 10.1. The van der Waals surface area contributed by atoms with Gasteiger partial charge in [0.05, 0.1) is 19.0 Å². The molecule has 322 valence electrons. The molecule has 25 nitrogen and oxygen atoms in total. The number of halogens is 1. The number of H-pyrrole nitrogens is 1. The average molecular weight is 888 g/mol. The highest BCUT2D eigenvalue weighted by molar-refractivity contribution is 7.84. The number of hydrogen-bond acceptors (Lipinski definition) is 18. The van der Waals surface area contributed by atoms with Crippen molar-refractivity contribution in [2.45, 2.75) is 63.3 Å². The van der Waals surface area contributed by atoms with Gasteiger partial charge in [0.1, 0.15) is 31.2 Å². The third kappa shape index (κ3) is 8.75. The molecule has 0 radical (unpaired) electrons. The maximum Gasteiger partial charge on any atom is 0.475 e. The first-order valence-corrected chi connectivity index (χ1v) is 21.3. The molecule has 5 aromatic rings. The summed E-state index contributed by atoms with van der Waals surface area (Å²) in [5, 5.41) is 12.9. The minimum absolute atomic E-state index is 0.00257. The minimum Gasteiger partial charge on any atom is -0.348 e. The highest BCUT2D eigenvalue weighted by Crippen LogP contribution is 2.54. The van der Waals surface area contributed by atoms with Crippen LogP contribution in [0.1, 0.15) is 43.1 Å². The van der Waals surface area contributed by atoms with E-state index in [-0.39, 0.29) is 47.1 Å². The Balaban J connectivity index is 1.09. The van der Waals surface area contributed by atoms with E-state index in [9.17, 15) is 27.4 Å². The van der Waals surface area contributed by atoms with E-state index >= 15 is 4.39 Å². The fourth-order valence-electron chi connectivity index (χ4n) is 6.56. The van der Waals surface area contributed by atoms with Crippen LogP contribution in [0, 0.1) is 12.5 Å². The number of benzene rings is 1. The van der Waals surface area contributed by atoms with Gasteiger partial charge in [-0.15, -0.1) is 5.10 Å². The molecule has 2 bridgehead atoms. The Hall–Kier alpha value is -5.69. The van der Waals surface area contributed by atoms with Crippen molar-refractivity contribution in [1.82, 2.24) is 49.2 Å². The number of alkyl halides is 1. The zero-order chi connectivity index (χ0) is 43.1. The molecule has 4 aromatic heterocycles. The minimum atomic E-state index is -4.83. The maximum atomic E-state index is 16.7. The summed E-state index contributed by atoms with van der Waals surface area (Å²) in [5.74, 6) is -1.70. The molecule has 3 aliphatic rings. The van der Waals surface area contributed by atoms with Crippen molar-refractivity contribution in [3.05, 3.63) is 70.3 Å². The molecule has 3 saturated heterocycles. The molecule has 7 heterocycles. The fraction of sp³-hybridized carbons (Fsp3) is 0.455. The number of amides is 2. The van der Waals surface area contributed by atoms with Gasteiger partial charge in [-0.1, -0.05) is 37.3 Å². The lowest BCUT2D eigenvalue weighted by Gasteiger charge is -2.26. The number of phosphoric acid groups is 1. The quantitative estimate of drug-likeness (QED) is 0.0924. The number of aromatic amines is 1. The smallest absolute Gasteiger partial charge is 0.348 e. The van der Waals surface area contributed by atoms with E-state index in [1.807, 2.05) is 0 Å². The summed E-state index contributed by atoms with van der Waals surface area (Å²) >= 11 is 0. The summed E-state index contributed by atoms with van der Waals surface area (Å²) in [6.07, 6.45) is -9.25. The van der Waals surface area contributed by atoms with Crippen LogP contribution in [0.15, 0.2) is 47.8 Å². The Morgan fingerprint density at radius 2 is 1.90 bits per heavy atom. The first-order chi connectivity index (χ1) is 29.2. The standard InChI is InChI=1S/C33H35FN13O12PS/c1-16(2)28(48)42-33-41-27-23(30(50)43-33)44-45-47(27)31-19-11-18(56-31)13-55-60(51,54-10-9-35-3)58-24-20(12-39-61(52,53)59-19)57-32(21(24)34)46-15-38-22-25(36-14-37-26(22)46)40-29(49)17-7-5-4-6-8-17/h4-8,14-16,18-21,24,31-32,39H,9-13H2,1-2H3,(H,36,37,40,49)(H2,41,42,43,48,50)/t18-,19+,20+,21+,24+,31+,32+,60?/m0/s1.